The number of tetrazole rings is 1. The van der Waals surface area contributed by atoms with Gasteiger partial charge in [-0.1, -0.05) is 44.4 Å². The van der Waals surface area contributed by atoms with E-state index in [1.807, 2.05) is 19.0 Å². The lowest BCUT2D eigenvalue weighted by Gasteiger charge is -2.49. The van der Waals surface area contributed by atoms with E-state index in [-0.39, 0.29) is 24.4 Å². The van der Waals surface area contributed by atoms with Crippen molar-refractivity contribution in [1.29, 1.82) is 0 Å². The maximum absolute atomic E-state index is 13.6. The number of carbonyl (C=O) groups is 4. The summed E-state index contributed by atoms with van der Waals surface area (Å²) >= 11 is 4.01. The number of nitrogens with zero attached hydrogens (tertiary/aromatic N) is 7. The van der Waals surface area contributed by atoms with Crippen LogP contribution in [0.3, 0.4) is 0 Å². The number of unbranched alkanes of at least 4 members (excludes halogenated alkanes) is 4. The van der Waals surface area contributed by atoms with Gasteiger partial charge in [-0.25, -0.2) is 14.5 Å². The number of ether oxygens (including phenoxy) is 2. The smallest absolute Gasteiger partial charge is 0.358 e. The fourth-order valence-corrected chi connectivity index (χ4v) is 7.76. The van der Waals surface area contributed by atoms with Crippen molar-refractivity contribution >= 4 is 63.7 Å². The number of likely N-dealkylation sites (N-methyl/N-ethyl adjacent to an activating group) is 1. The number of rotatable bonds is 18. The van der Waals surface area contributed by atoms with Gasteiger partial charge in [0.25, 0.3) is 5.91 Å². The van der Waals surface area contributed by atoms with Gasteiger partial charge in [-0.05, 0) is 36.5 Å². The number of nitrogens with one attached hydrogen (secondary N) is 1. The van der Waals surface area contributed by atoms with Gasteiger partial charge in [0.05, 0.1) is 18.7 Å². The third kappa shape index (κ3) is 9.65. The van der Waals surface area contributed by atoms with Crippen molar-refractivity contribution in [3.8, 4) is 0 Å². The van der Waals surface area contributed by atoms with Crippen LogP contribution in [-0.4, -0.2) is 109 Å². The van der Waals surface area contributed by atoms with Gasteiger partial charge in [0, 0.05) is 36.8 Å². The van der Waals surface area contributed by atoms with E-state index in [1.54, 1.807) is 10.1 Å². The van der Waals surface area contributed by atoms with Crippen molar-refractivity contribution in [3.63, 3.8) is 0 Å². The number of hydrogen-bond donors (Lipinski definition) is 2. The van der Waals surface area contributed by atoms with Crippen LogP contribution in [0.1, 0.15) is 58.1 Å². The van der Waals surface area contributed by atoms with Crippen LogP contribution in [0.25, 0.3) is 0 Å². The molecular formula is C28H41N9O6S3. The van der Waals surface area contributed by atoms with Crippen molar-refractivity contribution in [2.75, 3.05) is 37.9 Å². The predicted octanol–water partition coefficient (Wildman–Crippen LogP) is 2.06. The summed E-state index contributed by atoms with van der Waals surface area (Å²) in [6, 6.07) is -0.827. The molecule has 1 fully saturated rings. The van der Waals surface area contributed by atoms with Gasteiger partial charge in [-0.3, -0.25) is 19.3 Å². The highest BCUT2D eigenvalue weighted by atomic mass is 32.2. The van der Waals surface area contributed by atoms with Gasteiger partial charge < -0.3 is 25.4 Å². The summed E-state index contributed by atoms with van der Waals surface area (Å²) < 4.78 is 12.6. The highest BCUT2D eigenvalue weighted by Crippen LogP contribution is 2.42. The second-order valence-corrected chi connectivity index (χ2v) is 14.1. The number of esters is 2. The molecule has 15 nitrogen and oxygen atoms in total. The van der Waals surface area contributed by atoms with E-state index < -0.39 is 35.6 Å². The zero-order chi connectivity index (χ0) is 33.2. The number of fused-ring (bicyclic) bond motifs is 1. The molecule has 0 spiro atoms. The Kier molecular flexibility index (Phi) is 13.2. The molecule has 2 aliphatic heterocycles. The molecule has 0 aromatic carbocycles. The van der Waals surface area contributed by atoms with E-state index in [9.17, 15) is 19.2 Å². The Morgan fingerprint density at radius 3 is 2.72 bits per heavy atom. The number of hydrogen-bond acceptors (Lipinski definition) is 15. The van der Waals surface area contributed by atoms with Gasteiger partial charge >= 0.3 is 11.9 Å². The largest absolute Gasteiger partial charge is 0.425 e. The van der Waals surface area contributed by atoms with Crippen molar-refractivity contribution in [3.05, 3.63) is 22.3 Å². The molecule has 1 unspecified atom stereocenters. The van der Waals surface area contributed by atoms with E-state index in [0.29, 0.717) is 46.0 Å². The van der Waals surface area contributed by atoms with E-state index in [0.717, 1.165) is 32.2 Å². The average Bonchev–Trinajstić information content (AvgIpc) is 3.64. The van der Waals surface area contributed by atoms with Gasteiger partial charge in [0.1, 0.15) is 17.1 Å². The van der Waals surface area contributed by atoms with Crippen LogP contribution in [0.4, 0.5) is 5.13 Å². The molecule has 4 heterocycles. The second kappa shape index (κ2) is 17.1. The van der Waals surface area contributed by atoms with E-state index in [4.69, 9.17) is 15.2 Å². The molecule has 3 atom stereocenters. The van der Waals surface area contributed by atoms with Crippen LogP contribution in [0.2, 0.25) is 0 Å². The zero-order valence-electron chi connectivity index (χ0n) is 26.5. The molecule has 1 saturated heterocycles. The topological polar surface area (TPSA) is 188 Å². The summed E-state index contributed by atoms with van der Waals surface area (Å²) in [6.07, 6.45) is 3.96. The first kappa shape index (κ1) is 35.6. The minimum absolute atomic E-state index is 0.0223. The summed E-state index contributed by atoms with van der Waals surface area (Å²) in [5.41, 5.74) is 6.90. The summed E-state index contributed by atoms with van der Waals surface area (Å²) in [5, 5.41) is 16.8. The quantitative estimate of drug-likeness (QED) is 0.0758. The minimum Gasteiger partial charge on any atom is -0.425 e. The van der Waals surface area contributed by atoms with Gasteiger partial charge in [0.2, 0.25) is 17.4 Å². The Morgan fingerprint density at radius 1 is 1.22 bits per heavy atom. The number of β-lactam (4-membered cyclic amide) rings is 1. The number of carbonyl (C=O) groups excluding carboxylic acids is 4. The Labute approximate surface area is 280 Å². The first-order valence-corrected chi connectivity index (χ1v) is 18.1. The predicted molar refractivity (Wildman–Crippen MR) is 174 cm³/mol. The number of amides is 2. The summed E-state index contributed by atoms with van der Waals surface area (Å²) in [7, 11) is 3.91. The lowest BCUT2D eigenvalue weighted by Crippen LogP contribution is -2.70. The van der Waals surface area contributed by atoms with E-state index in [2.05, 4.69) is 32.7 Å². The van der Waals surface area contributed by atoms with Crippen molar-refractivity contribution < 1.29 is 28.7 Å². The fourth-order valence-electron chi connectivity index (χ4n) is 4.81. The normalized spacial score (nSPS) is 18.3. The number of aromatic nitrogens is 5. The van der Waals surface area contributed by atoms with Crippen LogP contribution in [0, 0.1) is 0 Å². The first-order chi connectivity index (χ1) is 22.1. The molecule has 46 heavy (non-hydrogen) atoms. The minimum atomic E-state index is -1.15. The molecule has 18 heteroatoms. The average molecular weight is 696 g/mol. The van der Waals surface area contributed by atoms with Gasteiger partial charge in [-0.15, -0.1) is 28.2 Å². The molecule has 0 bridgehead atoms. The van der Waals surface area contributed by atoms with Crippen molar-refractivity contribution in [2.45, 2.75) is 88.2 Å². The fraction of sp³-hybridized carbons (Fsp3) is 0.643. The van der Waals surface area contributed by atoms with Crippen LogP contribution in [0.15, 0.2) is 21.8 Å². The molecular weight excluding hydrogens is 655 g/mol. The monoisotopic (exact) mass is 695 g/mol. The van der Waals surface area contributed by atoms with Crippen molar-refractivity contribution in [1.82, 2.24) is 40.3 Å². The Balaban J connectivity index is 1.44. The van der Waals surface area contributed by atoms with E-state index >= 15 is 0 Å². The number of nitrogens with two attached hydrogens (primary N) is 1. The molecule has 0 saturated carbocycles. The van der Waals surface area contributed by atoms with Crippen molar-refractivity contribution in [2.24, 2.45) is 0 Å². The summed E-state index contributed by atoms with van der Waals surface area (Å²) in [6.45, 7) is 4.91. The van der Waals surface area contributed by atoms with Gasteiger partial charge in [0.15, 0.2) is 5.13 Å². The third-order valence-corrected chi connectivity index (χ3v) is 10.3. The molecule has 4 rings (SSSR count). The summed E-state index contributed by atoms with van der Waals surface area (Å²) in [4.78, 5) is 59.6. The standard InChI is InChI=1S/C28H41N9O6S3/c1-5-6-7-8-9-10-21(39)42-17(2)43-26(41)23-18(15-46-28-32-33-34-36(28)12-11-35(3)4)14-44-25-22(24(40)37(23)25)31-20(38)13-19-16-45-27(29)30-19/h16-17,22,25H,5-15H2,1-4H3,(H2,29,30)(H,31,38)/t17?,22-,25+/m1/s1. The molecule has 2 amide bonds. The maximum atomic E-state index is 13.6. The molecule has 2 aromatic rings. The van der Waals surface area contributed by atoms with Crippen LogP contribution in [0.5, 0.6) is 0 Å². The maximum Gasteiger partial charge on any atom is 0.358 e. The molecule has 3 N–H and O–H groups in total. The first-order valence-electron chi connectivity index (χ1n) is 15.2. The second-order valence-electron chi connectivity index (χ2n) is 11.2. The zero-order valence-corrected chi connectivity index (χ0v) is 28.9. The molecule has 2 aliphatic rings. The number of thiazole rings is 1. The Hall–Kier alpha value is -3.22. The SMILES string of the molecule is CCCCCCCC(=O)OC(C)OC(=O)C1=C(CSc2nnnn2CCN(C)C)CS[C@H]2[C@H](NC(=O)Cc3csc(N)n3)C(=O)N12. The number of thioether (sulfide) groups is 2. The van der Waals surface area contributed by atoms with Crippen LogP contribution >= 0.6 is 34.9 Å². The molecule has 0 aliphatic carbocycles. The lowest BCUT2D eigenvalue weighted by atomic mass is 10.0. The number of anilines is 1. The summed E-state index contributed by atoms with van der Waals surface area (Å²) in [5.74, 6) is -1.35. The lowest BCUT2D eigenvalue weighted by molar-refractivity contribution is -0.184. The highest BCUT2D eigenvalue weighted by Gasteiger charge is 2.54. The van der Waals surface area contributed by atoms with Crippen LogP contribution < -0.4 is 11.1 Å². The molecule has 252 valence electrons. The molecule has 0 radical (unpaired) electrons. The third-order valence-electron chi connectivity index (χ3n) is 7.16. The van der Waals surface area contributed by atoms with Gasteiger partial charge in [-0.2, -0.15) is 0 Å². The van der Waals surface area contributed by atoms with E-state index in [1.165, 1.54) is 46.7 Å². The highest BCUT2D eigenvalue weighted by molar-refractivity contribution is 8.01. The van der Waals surface area contributed by atoms with Crippen LogP contribution in [-0.2, 0) is 41.6 Å². The Morgan fingerprint density at radius 2 is 2.00 bits per heavy atom. The Bertz CT molecular complexity index is 1410. The number of nitrogen functional groups attached to an aromatic ring is 1. The molecule has 2 aromatic heterocycles.